The van der Waals surface area contributed by atoms with Crippen LogP contribution >= 0.6 is 0 Å². The second kappa shape index (κ2) is 10.9. The Kier molecular flexibility index (Phi) is 7.25. The number of carbonyl (C=O) groups is 1. The van der Waals surface area contributed by atoms with Crippen LogP contribution in [0.5, 0.6) is 0 Å². The van der Waals surface area contributed by atoms with Gasteiger partial charge < -0.3 is 20.5 Å². The monoisotopic (exact) mass is 483 g/mol. The molecule has 186 valence electrons. The van der Waals surface area contributed by atoms with E-state index in [1.165, 1.54) is 5.56 Å². The van der Waals surface area contributed by atoms with E-state index in [2.05, 4.69) is 91.8 Å². The number of nitrogens with one attached hydrogen (secondary N) is 3. The molecule has 1 fully saturated rings. The highest BCUT2D eigenvalue weighted by Gasteiger charge is 2.16. The molecule has 2 aromatic heterocycles. The molecule has 3 N–H and O–H groups in total. The number of likely N-dealkylation sites (N-methyl/N-ethyl adjacent to an activating group) is 1. The standard InChI is InChI=1S/C28H33N7O/c1-20(22-6-4-3-5-7-22)32-27-24-16-25(33-28(24)31-19-30-27)23-10-8-21(9-11-23)17-29-26(36)18-35-14-12-34(2)13-15-35/h3-11,16,19-20H,12-15,17-18H2,1-2H3,(H,29,36)(H2,30,31,32,33)/t20-/m1/s1. The highest BCUT2D eigenvalue weighted by atomic mass is 16.2. The first-order chi connectivity index (χ1) is 17.5. The summed E-state index contributed by atoms with van der Waals surface area (Å²) in [4.78, 5) is 29.2. The van der Waals surface area contributed by atoms with Crippen LogP contribution in [0.25, 0.3) is 22.3 Å². The summed E-state index contributed by atoms with van der Waals surface area (Å²) in [6.45, 7) is 7.01. The summed E-state index contributed by atoms with van der Waals surface area (Å²) in [6, 6.07) is 20.8. The van der Waals surface area contributed by atoms with E-state index >= 15 is 0 Å². The normalized spacial score (nSPS) is 15.6. The Morgan fingerprint density at radius 2 is 1.78 bits per heavy atom. The average molecular weight is 484 g/mol. The number of anilines is 1. The zero-order chi connectivity index (χ0) is 24.9. The third-order valence-electron chi connectivity index (χ3n) is 6.80. The van der Waals surface area contributed by atoms with Gasteiger partial charge in [0.1, 0.15) is 17.8 Å². The number of H-pyrrole nitrogens is 1. The van der Waals surface area contributed by atoms with E-state index in [4.69, 9.17) is 0 Å². The molecule has 0 saturated carbocycles. The van der Waals surface area contributed by atoms with E-state index in [0.717, 1.165) is 59.9 Å². The fourth-order valence-corrected chi connectivity index (χ4v) is 4.51. The number of nitrogens with zero attached hydrogens (tertiary/aromatic N) is 4. The van der Waals surface area contributed by atoms with Crippen molar-refractivity contribution in [2.24, 2.45) is 0 Å². The second-order valence-corrected chi connectivity index (χ2v) is 9.50. The number of rotatable bonds is 8. The van der Waals surface area contributed by atoms with Gasteiger partial charge in [-0.05, 0) is 36.7 Å². The fraction of sp³-hybridized carbons (Fsp3) is 0.321. The lowest BCUT2D eigenvalue weighted by Crippen LogP contribution is -2.48. The number of amides is 1. The summed E-state index contributed by atoms with van der Waals surface area (Å²) in [5.41, 5.74) is 5.10. The van der Waals surface area contributed by atoms with Crippen LogP contribution in [-0.4, -0.2) is 70.4 Å². The first-order valence-electron chi connectivity index (χ1n) is 12.5. The van der Waals surface area contributed by atoms with Gasteiger partial charge in [0, 0.05) is 44.5 Å². The average Bonchev–Trinajstić information content (AvgIpc) is 3.35. The Morgan fingerprint density at radius 3 is 2.53 bits per heavy atom. The van der Waals surface area contributed by atoms with Crippen LogP contribution in [0.2, 0.25) is 0 Å². The van der Waals surface area contributed by atoms with Gasteiger partial charge in [0.25, 0.3) is 0 Å². The third kappa shape index (κ3) is 5.72. The molecule has 8 heteroatoms. The summed E-state index contributed by atoms with van der Waals surface area (Å²) in [5, 5.41) is 7.52. The molecule has 1 amide bonds. The van der Waals surface area contributed by atoms with Gasteiger partial charge in [-0.15, -0.1) is 0 Å². The van der Waals surface area contributed by atoms with Crippen molar-refractivity contribution in [3.63, 3.8) is 0 Å². The largest absolute Gasteiger partial charge is 0.363 e. The number of piperazine rings is 1. The minimum absolute atomic E-state index is 0.0718. The number of aromatic nitrogens is 3. The molecular formula is C28H33N7O. The Labute approximate surface area is 211 Å². The number of carbonyl (C=O) groups excluding carboxylic acids is 1. The maximum Gasteiger partial charge on any atom is 0.234 e. The summed E-state index contributed by atoms with van der Waals surface area (Å²) in [5.74, 6) is 0.876. The Morgan fingerprint density at radius 1 is 1.03 bits per heavy atom. The number of benzene rings is 2. The van der Waals surface area contributed by atoms with E-state index in [1.807, 2.05) is 18.2 Å². The van der Waals surface area contributed by atoms with E-state index in [9.17, 15) is 4.79 Å². The predicted molar refractivity (Wildman–Crippen MR) is 144 cm³/mol. The number of hydrogen-bond acceptors (Lipinski definition) is 6. The molecule has 0 unspecified atom stereocenters. The smallest absolute Gasteiger partial charge is 0.234 e. The quantitative estimate of drug-likeness (QED) is 0.354. The maximum absolute atomic E-state index is 12.4. The molecule has 0 radical (unpaired) electrons. The van der Waals surface area contributed by atoms with E-state index in [1.54, 1.807) is 6.33 Å². The molecule has 4 aromatic rings. The van der Waals surface area contributed by atoms with Gasteiger partial charge in [-0.25, -0.2) is 9.97 Å². The van der Waals surface area contributed by atoms with Gasteiger partial charge >= 0.3 is 0 Å². The molecule has 2 aromatic carbocycles. The molecule has 1 saturated heterocycles. The Bertz CT molecular complexity index is 1290. The van der Waals surface area contributed by atoms with Crippen molar-refractivity contribution in [3.05, 3.63) is 78.1 Å². The first kappa shape index (κ1) is 24.0. The SMILES string of the molecule is C[C@@H](Nc1ncnc2[nH]c(-c3ccc(CNC(=O)CN4CCN(C)CC4)cc3)cc12)c1ccccc1. The zero-order valence-corrected chi connectivity index (χ0v) is 20.9. The highest BCUT2D eigenvalue weighted by molar-refractivity contribution is 5.91. The van der Waals surface area contributed by atoms with Crippen LogP contribution in [0.4, 0.5) is 5.82 Å². The Hall–Kier alpha value is -3.75. The van der Waals surface area contributed by atoms with Crippen molar-refractivity contribution >= 4 is 22.8 Å². The maximum atomic E-state index is 12.4. The van der Waals surface area contributed by atoms with Crippen LogP contribution in [0.1, 0.15) is 24.1 Å². The first-order valence-corrected chi connectivity index (χ1v) is 12.5. The van der Waals surface area contributed by atoms with Crippen molar-refractivity contribution in [3.8, 4) is 11.3 Å². The van der Waals surface area contributed by atoms with E-state index < -0.39 is 0 Å². The molecule has 8 nitrogen and oxygen atoms in total. The van der Waals surface area contributed by atoms with Crippen LogP contribution in [0.3, 0.4) is 0 Å². The lowest BCUT2D eigenvalue weighted by atomic mass is 10.1. The van der Waals surface area contributed by atoms with Gasteiger partial charge in [-0.2, -0.15) is 0 Å². The minimum atomic E-state index is 0.0718. The molecule has 1 aliphatic heterocycles. The molecule has 0 spiro atoms. The Balaban J connectivity index is 1.22. The number of aromatic amines is 1. The lowest BCUT2D eigenvalue weighted by molar-refractivity contribution is -0.122. The van der Waals surface area contributed by atoms with Gasteiger partial charge in [-0.3, -0.25) is 9.69 Å². The van der Waals surface area contributed by atoms with Crippen molar-refractivity contribution in [1.82, 2.24) is 30.1 Å². The predicted octanol–water partition coefficient (Wildman–Crippen LogP) is 3.66. The van der Waals surface area contributed by atoms with E-state index in [0.29, 0.717) is 13.1 Å². The van der Waals surface area contributed by atoms with Gasteiger partial charge in [0.2, 0.25) is 5.91 Å². The molecular weight excluding hydrogens is 450 g/mol. The minimum Gasteiger partial charge on any atom is -0.363 e. The number of hydrogen-bond donors (Lipinski definition) is 3. The summed E-state index contributed by atoms with van der Waals surface area (Å²) >= 11 is 0. The summed E-state index contributed by atoms with van der Waals surface area (Å²) < 4.78 is 0. The van der Waals surface area contributed by atoms with Gasteiger partial charge in [-0.1, -0.05) is 54.6 Å². The topological polar surface area (TPSA) is 89.2 Å². The second-order valence-electron chi connectivity index (χ2n) is 9.50. The van der Waals surface area contributed by atoms with Crippen molar-refractivity contribution in [2.45, 2.75) is 19.5 Å². The van der Waals surface area contributed by atoms with Crippen LogP contribution in [0.15, 0.2) is 67.0 Å². The van der Waals surface area contributed by atoms with Crippen molar-refractivity contribution in [2.75, 3.05) is 45.1 Å². The molecule has 36 heavy (non-hydrogen) atoms. The molecule has 0 bridgehead atoms. The van der Waals surface area contributed by atoms with Crippen LogP contribution in [-0.2, 0) is 11.3 Å². The van der Waals surface area contributed by atoms with Crippen molar-refractivity contribution in [1.29, 1.82) is 0 Å². The fourth-order valence-electron chi connectivity index (χ4n) is 4.51. The van der Waals surface area contributed by atoms with Crippen LogP contribution < -0.4 is 10.6 Å². The molecule has 1 atom stereocenters. The summed E-state index contributed by atoms with van der Waals surface area (Å²) in [7, 11) is 2.12. The molecule has 1 aliphatic rings. The van der Waals surface area contributed by atoms with Gasteiger partial charge in [0.15, 0.2) is 0 Å². The molecule has 3 heterocycles. The molecule has 0 aliphatic carbocycles. The summed E-state index contributed by atoms with van der Waals surface area (Å²) in [6.07, 6.45) is 1.58. The van der Waals surface area contributed by atoms with Gasteiger partial charge in [0.05, 0.1) is 11.9 Å². The zero-order valence-electron chi connectivity index (χ0n) is 20.9. The number of fused-ring (bicyclic) bond motifs is 1. The van der Waals surface area contributed by atoms with Crippen LogP contribution in [0, 0.1) is 0 Å². The third-order valence-corrected chi connectivity index (χ3v) is 6.80. The van der Waals surface area contributed by atoms with Crippen molar-refractivity contribution < 1.29 is 4.79 Å². The lowest BCUT2D eigenvalue weighted by Gasteiger charge is -2.31. The van der Waals surface area contributed by atoms with E-state index in [-0.39, 0.29) is 11.9 Å². The highest BCUT2D eigenvalue weighted by Crippen LogP contribution is 2.29. The molecule has 5 rings (SSSR count).